The Hall–Kier alpha value is -0.650. The van der Waals surface area contributed by atoms with Gasteiger partial charge in [-0.3, -0.25) is 4.79 Å². The second-order valence-electron chi connectivity index (χ2n) is 2.69. The van der Waals surface area contributed by atoms with Crippen molar-refractivity contribution in [2.45, 2.75) is 19.9 Å². The summed E-state index contributed by atoms with van der Waals surface area (Å²) in [7, 11) is 0. The summed E-state index contributed by atoms with van der Waals surface area (Å²) < 4.78 is 0. The minimum Gasteiger partial charge on any atom is -0.480 e. The monoisotopic (exact) mass is 177 g/mol. The van der Waals surface area contributed by atoms with E-state index in [1.165, 1.54) is 0 Å². The number of carboxylic acid groups (broad SMARTS) is 1. The molecule has 0 bridgehead atoms. The lowest BCUT2D eigenvalue weighted by atomic mass is 10.1. The standard InChI is InChI=1S/C5H11NO2.C2H8N2/c1-3(2)4(6)5(7)8;3-1-2-4/h3-4H,6H2,1-2H3,(H,7,8);1-4H2. The Bertz CT molecular complexity index is 115. The van der Waals surface area contributed by atoms with Crippen LogP contribution in [-0.4, -0.2) is 30.2 Å². The summed E-state index contributed by atoms with van der Waals surface area (Å²) in [4.78, 5) is 10.0. The van der Waals surface area contributed by atoms with E-state index in [1.807, 2.05) is 0 Å². The van der Waals surface area contributed by atoms with Crippen LogP contribution in [-0.2, 0) is 4.79 Å². The Morgan fingerprint density at radius 2 is 1.67 bits per heavy atom. The van der Waals surface area contributed by atoms with E-state index >= 15 is 0 Å². The molecule has 5 nitrogen and oxygen atoms in total. The van der Waals surface area contributed by atoms with Gasteiger partial charge < -0.3 is 22.3 Å². The number of carbonyl (C=O) groups is 1. The van der Waals surface area contributed by atoms with Gasteiger partial charge in [0.25, 0.3) is 0 Å². The van der Waals surface area contributed by atoms with Gasteiger partial charge in [0.05, 0.1) is 0 Å². The molecule has 0 fully saturated rings. The van der Waals surface area contributed by atoms with Crippen LogP contribution in [0.5, 0.6) is 0 Å². The third-order valence-corrected chi connectivity index (χ3v) is 1.17. The van der Waals surface area contributed by atoms with Crippen LogP contribution in [0.2, 0.25) is 0 Å². The maximum Gasteiger partial charge on any atom is 0.320 e. The molecule has 5 heteroatoms. The topological polar surface area (TPSA) is 115 Å². The van der Waals surface area contributed by atoms with Crippen molar-refractivity contribution in [2.75, 3.05) is 13.1 Å². The first-order chi connectivity index (χ1) is 5.47. The fourth-order valence-corrected chi connectivity index (χ4v) is 0.285. The average Bonchev–Trinajstić information content (AvgIpc) is 2.03. The first-order valence-corrected chi connectivity index (χ1v) is 3.85. The fraction of sp³-hybridized carbons (Fsp3) is 0.857. The summed E-state index contributed by atoms with van der Waals surface area (Å²) in [5.74, 6) is -0.910. The SMILES string of the molecule is CC(C)C(N)C(=O)O.NCCN. The van der Waals surface area contributed by atoms with E-state index in [4.69, 9.17) is 22.3 Å². The zero-order chi connectivity index (χ0) is 10.1. The van der Waals surface area contributed by atoms with Crippen LogP contribution in [0.3, 0.4) is 0 Å². The quantitative estimate of drug-likeness (QED) is 0.439. The molecule has 0 aromatic carbocycles. The molecule has 12 heavy (non-hydrogen) atoms. The van der Waals surface area contributed by atoms with Crippen LogP contribution in [0.15, 0.2) is 0 Å². The van der Waals surface area contributed by atoms with E-state index in [0.29, 0.717) is 13.1 Å². The Labute approximate surface area is 72.9 Å². The lowest BCUT2D eigenvalue weighted by Crippen LogP contribution is -2.34. The van der Waals surface area contributed by atoms with Crippen molar-refractivity contribution in [3.8, 4) is 0 Å². The molecule has 0 radical (unpaired) electrons. The first-order valence-electron chi connectivity index (χ1n) is 3.85. The summed E-state index contributed by atoms with van der Waals surface area (Å²) in [6.45, 7) is 4.75. The van der Waals surface area contributed by atoms with Gasteiger partial charge in [0.2, 0.25) is 0 Å². The third-order valence-electron chi connectivity index (χ3n) is 1.17. The molecule has 0 aliphatic carbocycles. The molecule has 0 aromatic heterocycles. The summed E-state index contributed by atoms with van der Waals surface area (Å²) in [5, 5.41) is 8.23. The van der Waals surface area contributed by atoms with Crippen molar-refractivity contribution in [2.24, 2.45) is 23.1 Å². The molecule has 0 aliphatic rings. The van der Waals surface area contributed by atoms with E-state index in [9.17, 15) is 4.79 Å². The maximum absolute atomic E-state index is 10.0. The molecule has 0 aromatic rings. The molecule has 0 amide bonds. The van der Waals surface area contributed by atoms with Gasteiger partial charge in [-0.2, -0.15) is 0 Å². The Kier molecular flexibility index (Phi) is 9.79. The smallest absolute Gasteiger partial charge is 0.320 e. The minimum absolute atomic E-state index is 0.0208. The third kappa shape index (κ3) is 9.35. The number of carboxylic acids is 1. The highest BCUT2D eigenvalue weighted by atomic mass is 16.4. The largest absolute Gasteiger partial charge is 0.480 e. The van der Waals surface area contributed by atoms with Crippen molar-refractivity contribution >= 4 is 5.97 Å². The summed E-state index contributed by atoms with van der Waals surface area (Å²) in [5.41, 5.74) is 15.0. The highest BCUT2D eigenvalue weighted by Crippen LogP contribution is 1.96. The predicted octanol–water partition coefficient (Wildman–Crippen LogP) is -1.04. The van der Waals surface area contributed by atoms with Gasteiger partial charge >= 0.3 is 5.97 Å². The molecule has 1 unspecified atom stereocenters. The summed E-state index contributed by atoms with van der Waals surface area (Å²) in [6, 6.07) is -0.713. The molecule has 0 rings (SSSR count). The number of rotatable bonds is 3. The number of nitrogens with two attached hydrogens (primary N) is 3. The highest BCUT2D eigenvalue weighted by Gasteiger charge is 2.14. The van der Waals surface area contributed by atoms with Crippen molar-refractivity contribution in [3.05, 3.63) is 0 Å². The number of hydrogen-bond donors (Lipinski definition) is 4. The zero-order valence-corrected chi connectivity index (χ0v) is 7.66. The van der Waals surface area contributed by atoms with Crippen LogP contribution in [0.4, 0.5) is 0 Å². The first kappa shape index (κ1) is 13.9. The molecule has 0 heterocycles. The van der Waals surface area contributed by atoms with Gasteiger partial charge in [-0.25, -0.2) is 0 Å². The molecule has 0 saturated heterocycles. The highest BCUT2D eigenvalue weighted by molar-refractivity contribution is 5.73. The van der Waals surface area contributed by atoms with Crippen molar-refractivity contribution in [1.82, 2.24) is 0 Å². The Balaban J connectivity index is 0. The Morgan fingerprint density at radius 1 is 1.33 bits per heavy atom. The lowest BCUT2D eigenvalue weighted by Gasteiger charge is -2.07. The maximum atomic E-state index is 10.0. The molecule has 0 saturated carbocycles. The van der Waals surface area contributed by atoms with Crippen LogP contribution in [0.25, 0.3) is 0 Å². The van der Waals surface area contributed by atoms with Crippen molar-refractivity contribution < 1.29 is 9.90 Å². The molecule has 0 aliphatic heterocycles. The molecular weight excluding hydrogens is 158 g/mol. The molecule has 7 N–H and O–H groups in total. The van der Waals surface area contributed by atoms with Gasteiger partial charge in [-0.05, 0) is 5.92 Å². The van der Waals surface area contributed by atoms with Crippen LogP contribution in [0, 0.1) is 5.92 Å². The normalized spacial score (nSPS) is 11.8. The van der Waals surface area contributed by atoms with Crippen molar-refractivity contribution in [3.63, 3.8) is 0 Å². The predicted molar refractivity (Wildman–Crippen MR) is 48.6 cm³/mol. The molecule has 1 atom stereocenters. The molecular formula is C7H19N3O2. The van der Waals surface area contributed by atoms with Crippen LogP contribution < -0.4 is 17.2 Å². The van der Waals surface area contributed by atoms with Crippen molar-refractivity contribution in [1.29, 1.82) is 0 Å². The van der Waals surface area contributed by atoms with Gasteiger partial charge in [0.15, 0.2) is 0 Å². The summed E-state index contributed by atoms with van der Waals surface area (Å²) in [6.07, 6.45) is 0. The Morgan fingerprint density at radius 3 is 1.67 bits per heavy atom. The number of aliphatic carboxylic acids is 1. The van der Waals surface area contributed by atoms with Crippen LogP contribution in [0.1, 0.15) is 13.8 Å². The second kappa shape index (κ2) is 8.45. The van der Waals surface area contributed by atoms with E-state index in [-0.39, 0.29) is 5.92 Å². The van der Waals surface area contributed by atoms with E-state index in [0.717, 1.165) is 0 Å². The zero-order valence-electron chi connectivity index (χ0n) is 7.66. The van der Waals surface area contributed by atoms with E-state index in [1.54, 1.807) is 13.8 Å². The van der Waals surface area contributed by atoms with E-state index in [2.05, 4.69) is 0 Å². The fourth-order valence-electron chi connectivity index (χ4n) is 0.285. The minimum atomic E-state index is -0.931. The molecule has 0 spiro atoms. The van der Waals surface area contributed by atoms with Gasteiger partial charge in [-0.1, -0.05) is 13.8 Å². The van der Waals surface area contributed by atoms with Crippen LogP contribution >= 0.6 is 0 Å². The molecule has 74 valence electrons. The summed E-state index contributed by atoms with van der Waals surface area (Å²) >= 11 is 0. The van der Waals surface area contributed by atoms with E-state index < -0.39 is 12.0 Å². The van der Waals surface area contributed by atoms with Gasteiger partial charge in [-0.15, -0.1) is 0 Å². The van der Waals surface area contributed by atoms with Gasteiger partial charge in [0, 0.05) is 13.1 Å². The second-order valence-corrected chi connectivity index (χ2v) is 2.69. The number of hydrogen-bond acceptors (Lipinski definition) is 4. The van der Waals surface area contributed by atoms with Gasteiger partial charge in [0.1, 0.15) is 6.04 Å². The lowest BCUT2D eigenvalue weighted by molar-refractivity contribution is -0.139. The average molecular weight is 177 g/mol.